The quantitative estimate of drug-likeness (QED) is 0.654. The summed E-state index contributed by atoms with van der Waals surface area (Å²) in [6.45, 7) is 3.43. The minimum atomic E-state index is -1.11. The first-order chi connectivity index (χ1) is 9.97. The maximum Gasteiger partial charge on any atom is 0.334 e. The number of hydrogen-bond acceptors (Lipinski definition) is 5. The van der Waals surface area contributed by atoms with E-state index >= 15 is 0 Å². The molecule has 2 rings (SSSR count). The number of hydrogen-bond donors (Lipinski definition) is 2. The van der Waals surface area contributed by atoms with E-state index in [4.69, 9.17) is 0 Å². The molecule has 0 spiro atoms. The van der Waals surface area contributed by atoms with Crippen molar-refractivity contribution in [2.75, 3.05) is 0 Å². The lowest BCUT2D eigenvalue weighted by molar-refractivity contribution is -0.385. The highest BCUT2D eigenvalue weighted by atomic mass is 16.6. The summed E-state index contributed by atoms with van der Waals surface area (Å²) >= 11 is 0. The second-order valence-electron chi connectivity index (χ2n) is 4.66. The normalized spacial score (nSPS) is 18.0. The Labute approximate surface area is 121 Å². The van der Waals surface area contributed by atoms with Gasteiger partial charge >= 0.3 is 5.97 Å². The standard InChI is InChI=1S/C14H15N3O4/c1-3-10-13(12(14(18)19)8(2)15-16-10)9-6-4-5-7-11(9)17(20)21/h4-7,13,15H,3H2,1-2H3,(H,18,19). The number of allylic oxidation sites excluding steroid dienone is 1. The van der Waals surface area contributed by atoms with E-state index in [1.807, 2.05) is 6.92 Å². The molecule has 0 bridgehead atoms. The first-order valence-corrected chi connectivity index (χ1v) is 6.47. The van der Waals surface area contributed by atoms with Crippen molar-refractivity contribution in [2.45, 2.75) is 26.2 Å². The van der Waals surface area contributed by atoms with E-state index in [1.165, 1.54) is 6.07 Å². The second-order valence-corrected chi connectivity index (χ2v) is 4.66. The van der Waals surface area contributed by atoms with Crippen molar-refractivity contribution in [3.63, 3.8) is 0 Å². The van der Waals surface area contributed by atoms with Gasteiger partial charge in [-0.2, -0.15) is 5.10 Å². The van der Waals surface area contributed by atoms with Crippen LogP contribution in [0.4, 0.5) is 5.69 Å². The molecular weight excluding hydrogens is 274 g/mol. The Morgan fingerprint density at radius 1 is 1.48 bits per heavy atom. The Bertz CT molecular complexity index is 664. The van der Waals surface area contributed by atoms with Crippen LogP contribution < -0.4 is 5.43 Å². The van der Waals surface area contributed by atoms with Gasteiger partial charge in [-0.3, -0.25) is 15.5 Å². The Balaban J connectivity index is 2.67. The molecule has 1 atom stereocenters. The maximum absolute atomic E-state index is 11.6. The molecule has 110 valence electrons. The van der Waals surface area contributed by atoms with Gasteiger partial charge in [0.1, 0.15) is 0 Å². The molecule has 7 heteroatoms. The SMILES string of the molecule is CCC1=NNC(C)=C(C(=O)O)C1c1ccccc1[N+](=O)[O-]. The summed E-state index contributed by atoms with van der Waals surface area (Å²) in [5, 5.41) is 24.8. The fraction of sp³-hybridized carbons (Fsp3) is 0.286. The zero-order valence-corrected chi connectivity index (χ0v) is 11.7. The molecule has 0 saturated heterocycles. The zero-order chi connectivity index (χ0) is 15.6. The van der Waals surface area contributed by atoms with Gasteiger partial charge in [-0.15, -0.1) is 0 Å². The molecule has 1 aromatic rings. The lowest BCUT2D eigenvalue weighted by atomic mass is 9.83. The van der Waals surface area contributed by atoms with Gasteiger partial charge in [0.15, 0.2) is 0 Å². The van der Waals surface area contributed by atoms with Crippen molar-refractivity contribution in [3.8, 4) is 0 Å². The number of carbonyl (C=O) groups is 1. The minimum Gasteiger partial charge on any atom is -0.478 e. The van der Waals surface area contributed by atoms with Crippen molar-refractivity contribution < 1.29 is 14.8 Å². The molecule has 1 unspecified atom stereocenters. The van der Waals surface area contributed by atoms with E-state index in [0.29, 0.717) is 23.4 Å². The molecule has 0 aliphatic carbocycles. The van der Waals surface area contributed by atoms with Gasteiger partial charge in [0, 0.05) is 17.3 Å². The molecule has 1 heterocycles. The molecule has 0 amide bonds. The van der Waals surface area contributed by atoms with E-state index in [2.05, 4.69) is 10.5 Å². The highest BCUT2D eigenvalue weighted by Crippen LogP contribution is 2.36. The van der Waals surface area contributed by atoms with Crippen LogP contribution in [-0.4, -0.2) is 21.7 Å². The van der Waals surface area contributed by atoms with Gasteiger partial charge in [-0.25, -0.2) is 4.79 Å². The summed E-state index contributed by atoms with van der Waals surface area (Å²) in [5.41, 5.74) is 3.98. The average molecular weight is 289 g/mol. The monoisotopic (exact) mass is 289 g/mol. The number of nitro benzene ring substituents is 1. The summed E-state index contributed by atoms with van der Waals surface area (Å²) in [6.07, 6.45) is 0.494. The summed E-state index contributed by atoms with van der Waals surface area (Å²) in [7, 11) is 0. The Morgan fingerprint density at radius 3 is 2.71 bits per heavy atom. The van der Waals surface area contributed by atoms with Crippen LogP contribution in [0.1, 0.15) is 31.7 Å². The number of nitrogens with one attached hydrogen (secondary N) is 1. The summed E-state index contributed by atoms with van der Waals surface area (Å²) in [5.74, 6) is -1.82. The number of nitro groups is 1. The Morgan fingerprint density at radius 2 is 2.14 bits per heavy atom. The fourth-order valence-corrected chi connectivity index (χ4v) is 2.46. The van der Waals surface area contributed by atoms with E-state index < -0.39 is 16.8 Å². The van der Waals surface area contributed by atoms with E-state index in [0.717, 1.165) is 0 Å². The third-order valence-electron chi connectivity index (χ3n) is 3.43. The molecule has 0 aromatic heterocycles. The molecule has 1 aliphatic heterocycles. The summed E-state index contributed by atoms with van der Waals surface area (Å²) in [4.78, 5) is 22.3. The van der Waals surface area contributed by atoms with Crippen LogP contribution in [0.15, 0.2) is 40.6 Å². The van der Waals surface area contributed by atoms with Crippen molar-refractivity contribution in [3.05, 3.63) is 51.2 Å². The third-order valence-corrected chi connectivity index (χ3v) is 3.43. The predicted molar refractivity (Wildman–Crippen MR) is 77.0 cm³/mol. The van der Waals surface area contributed by atoms with Gasteiger partial charge in [-0.05, 0) is 13.3 Å². The lowest BCUT2D eigenvalue weighted by Gasteiger charge is -2.25. The number of benzene rings is 1. The van der Waals surface area contributed by atoms with Crippen molar-refractivity contribution in [1.82, 2.24) is 5.43 Å². The number of hydrazone groups is 1. The average Bonchev–Trinajstić information content (AvgIpc) is 2.46. The first kappa shape index (κ1) is 14.7. The van der Waals surface area contributed by atoms with E-state index in [-0.39, 0.29) is 11.3 Å². The van der Waals surface area contributed by atoms with Gasteiger partial charge in [0.2, 0.25) is 0 Å². The third kappa shape index (κ3) is 2.62. The highest BCUT2D eigenvalue weighted by molar-refractivity contribution is 6.04. The van der Waals surface area contributed by atoms with Crippen LogP contribution >= 0.6 is 0 Å². The van der Waals surface area contributed by atoms with Gasteiger partial charge in [0.25, 0.3) is 5.69 Å². The Hall–Kier alpha value is -2.70. The minimum absolute atomic E-state index is 0.0937. The van der Waals surface area contributed by atoms with Crippen molar-refractivity contribution in [2.24, 2.45) is 5.10 Å². The molecular formula is C14H15N3O4. The zero-order valence-electron chi connectivity index (χ0n) is 11.7. The van der Waals surface area contributed by atoms with Crippen LogP contribution in [0.2, 0.25) is 0 Å². The molecule has 2 N–H and O–H groups in total. The maximum atomic E-state index is 11.6. The fourth-order valence-electron chi connectivity index (χ4n) is 2.46. The number of rotatable bonds is 4. The van der Waals surface area contributed by atoms with E-state index in [1.54, 1.807) is 25.1 Å². The first-order valence-electron chi connectivity index (χ1n) is 6.47. The number of aliphatic carboxylic acids is 1. The predicted octanol–water partition coefficient (Wildman–Crippen LogP) is 2.41. The molecule has 1 aliphatic rings. The topological polar surface area (TPSA) is 105 Å². The van der Waals surface area contributed by atoms with Crippen LogP contribution in [0, 0.1) is 10.1 Å². The van der Waals surface area contributed by atoms with Crippen LogP contribution in [-0.2, 0) is 4.79 Å². The lowest BCUT2D eigenvalue weighted by Crippen LogP contribution is -2.30. The second kappa shape index (κ2) is 5.74. The van der Waals surface area contributed by atoms with Crippen LogP contribution in [0.3, 0.4) is 0 Å². The van der Waals surface area contributed by atoms with E-state index in [9.17, 15) is 20.0 Å². The molecule has 1 aromatic carbocycles. The highest BCUT2D eigenvalue weighted by Gasteiger charge is 2.35. The molecule has 21 heavy (non-hydrogen) atoms. The van der Waals surface area contributed by atoms with Crippen LogP contribution in [0.25, 0.3) is 0 Å². The van der Waals surface area contributed by atoms with Gasteiger partial charge in [-0.1, -0.05) is 25.1 Å². The van der Waals surface area contributed by atoms with Crippen LogP contribution in [0.5, 0.6) is 0 Å². The molecule has 0 fully saturated rings. The van der Waals surface area contributed by atoms with Crippen molar-refractivity contribution >= 4 is 17.4 Å². The summed E-state index contributed by atoms with van der Waals surface area (Å²) in [6, 6.07) is 6.17. The summed E-state index contributed by atoms with van der Waals surface area (Å²) < 4.78 is 0. The molecule has 7 nitrogen and oxygen atoms in total. The smallest absolute Gasteiger partial charge is 0.334 e. The Kier molecular flexibility index (Phi) is 4.02. The molecule has 0 radical (unpaired) electrons. The largest absolute Gasteiger partial charge is 0.478 e. The van der Waals surface area contributed by atoms with Gasteiger partial charge < -0.3 is 5.11 Å². The number of carboxylic acids is 1. The number of para-hydroxylation sites is 1. The van der Waals surface area contributed by atoms with Crippen molar-refractivity contribution in [1.29, 1.82) is 0 Å². The van der Waals surface area contributed by atoms with Gasteiger partial charge in [0.05, 0.1) is 22.1 Å². The number of nitrogens with zero attached hydrogens (tertiary/aromatic N) is 2. The number of carboxylic acid groups (broad SMARTS) is 1. The molecule has 0 saturated carbocycles.